The number of aliphatic hydroxyl groups is 1. The molecule has 0 aliphatic heterocycles. The highest BCUT2D eigenvalue weighted by molar-refractivity contribution is 5.56. The molecule has 2 aliphatic rings. The van der Waals surface area contributed by atoms with Crippen molar-refractivity contribution in [2.45, 2.75) is 69.9 Å². The molecule has 0 saturated heterocycles. The lowest BCUT2D eigenvalue weighted by molar-refractivity contribution is 0.144. The summed E-state index contributed by atoms with van der Waals surface area (Å²) in [7, 11) is 0. The largest absolute Gasteiger partial charge is 0.391 e. The molecule has 1 saturated carbocycles. The van der Waals surface area contributed by atoms with Crippen molar-refractivity contribution in [1.29, 1.82) is 0 Å². The Kier molecular flexibility index (Phi) is 4.07. The van der Waals surface area contributed by atoms with Gasteiger partial charge < -0.3 is 10.4 Å². The van der Waals surface area contributed by atoms with Gasteiger partial charge in [0.15, 0.2) is 0 Å². The molecule has 2 aliphatic carbocycles. The van der Waals surface area contributed by atoms with Crippen LogP contribution >= 0.6 is 0 Å². The van der Waals surface area contributed by atoms with Crippen LogP contribution in [0.4, 0.5) is 5.69 Å². The van der Waals surface area contributed by atoms with Gasteiger partial charge in [-0.25, -0.2) is 0 Å². The van der Waals surface area contributed by atoms with E-state index in [2.05, 4.69) is 23.5 Å². The van der Waals surface area contributed by atoms with E-state index in [0.717, 1.165) is 12.8 Å². The number of nitrogens with one attached hydrogen (secondary N) is 1. The summed E-state index contributed by atoms with van der Waals surface area (Å²) in [5.41, 5.74) is 4.30. The Morgan fingerprint density at radius 3 is 2.74 bits per heavy atom. The average Bonchev–Trinajstić information content (AvgIpc) is 2.65. The Balaban J connectivity index is 1.78. The lowest BCUT2D eigenvalue weighted by atomic mass is 9.90. The Hall–Kier alpha value is -1.02. The molecule has 0 spiro atoms. The molecule has 3 rings (SSSR count). The minimum atomic E-state index is -0.179. The van der Waals surface area contributed by atoms with Crippen LogP contribution in [0.5, 0.6) is 0 Å². The Morgan fingerprint density at radius 1 is 0.947 bits per heavy atom. The van der Waals surface area contributed by atoms with Crippen molar-refractivity contribution in [3.05, 3.63) is 29.3 Å². The van der Waals surface area contributed by atoms with Gasteiger partial charge in [0.1, 0.15) is 0 Å². The molecule has 2 heteroatoms. The fourth-order valence-electron chi connectivity index (χ4n) is 3.57. The standard InChI is InChI=1S/C17H25NO/c19-17-12-3-1-2-10-16(17)18-15-11-6-8-13-7-4-5-9-14(13)15/h6,8,11,16-19H,1-5,7,9-10,12H2. The summed E-state index contributed by atoms with van der Waals surface area (Å²) < 4.78 is 0. The summed E-state index contributed by atoms with van der Waals surface area (Å²) in [5.74, 6) is 0. The number of hydrogen-bond donors (Lipinski definition) is 2. The van der Waals surface area contributed by atoms with Gasteiger partial charge in [-0.05, 0) is 55.7 Å². The van der Waals surface area contributed by atoms with Crippen molar-refractivity contribution in [1.82, 2.24) is 0 Å². The first-order chi connectivity index (χ1) is 9.34. The predicted molar refractivity (Wildman–Crippen MR) is 79.6 cm³/mol. The monoisotopic (exact) mass is 259 g/mol. The molecule has 19 heavy (non-hydrogen) atoms. The van der Waals surface area contributed by atoms with Crippen LogP contribution in [0, 0.1) is 0 Å². The van der Waals surface area contributed by atoms with E-state index in [1.54, 1.807) is 0 Å². The summed E-state index contributed by atoms with van der Waals surface area (Å²) in [5, 5.41) is 13.9. The lowest BCUT2D eigenvalue weighted by Crippen LogP contribution is -2.33. The van der Waals surface area contributed by atoms with E-state index in [9.17, 15) is 5.11 Å². The highest BCUT2D eigenvalue weighted by Crippen LogP contribution is 2.30. The summed E-state index contributed by atoms with van der Waals surface area (Å²) in [6.07, 6.45) is 10.6. The molecule has 2 atom stereocenters. The number of hydrogen-bond acceptors (Lipinski definition) is 2. The maximum absolute atomic E-state index is 10.3. The van der Waals surface area contributed by atoms with Crippen molar-refractivity contribution in [2.24, 2.45) is 0 Å². The first kappa shape index (κ1) is 13.0. The quantitative estimate of drug-likeness (QED) is 0.794. The summed E-state index contributed by atoms with van der Waals surface area (Å²) in [6.45, 7) is 0. The van der Waals surface area contributed by atoms with Gasteiger partial charge in [0.2, 0.25) is 0 Å². The van der Waals surface area contributed by atoms with Gasteiger partial charge in [0, 0.05) is 5.69 Å². The number of fused-ring (bicyclic) bond motifs is 1. The highest BCUT2D eigenvalue weighted by atomic mass is 16.3. The van der Waals surface area contributed by atoms with Crippen LogP contribution in [-0.2, 0) is 12.8 Å². The molecule has 1 aromatic carbocycles. The normalized spacial score (nSPS) is 27.4. The Labute approximate surface area is 116 Å². The Morgan fingerprint density at radius 2 is 1.79 bits per heavy atom. The SMILES string of the molecule is OC1CCCCCC1Nc1cccc2c1CCCC2. The van der Waals surface area contributed by atoms with Crippen molar-refractivity contribution in [3.8, 4) is 0 Å². The molecular weight excluding hydrogens is 234 g/mol. The first-order valence-electron chi connectivity index (χ1n) is 7.90. The number of benzene rings is 1. The second kappa shape index (κ2) is 5.96. The van der Waals surface area contributed by atoms with Crippen LogP contribution in [0.2, 0.25) is 0 Å². The van der Waals surface area contributed by atoms with Gasteiger partial charge in [-0.1, -0.05) is 31.4 Å². The number of rotatable bonds is 2. The topological polar surface area (TPSA) is 32.3 Å². The molecule has 0 amide bonds. The van der Waals surface area contributed by atoms with Crippen LogP contribution in [-0.4, -0.2) is 17.3 Å². The number of aliphatic hydroxyl groups excluding tert-OH is 1. The molecule has 1 aromatic rings. The van der Waals surface area contributed by atoms with Gasteiger partial charge in [-0.3, -0.25) is 0 Å². The van der Waals surface area contributed by atoms with E-state index < -0.39 is 0 Å². The zero-order valence-corrected chi connectivity index (χ0v) is 11.7. The first-order valence-corrected chi connectivity index (χ1v) is 7.90. The molecule has 2 unspecified atom stereocenters. The molecule has 0 bridgehead atoms. The van der Waals surface area contributed by atoms with Crippen molar-refractivity contribution >= 4 is 5.69 Å². The van der Waals surface area contributed by atoms with Crippen LogP contribution in [0.1, 0.15) is 56.1 Å². The van der Waals surface area contributed by atoms with Gasteiger partial charge in [0.05, 0.1) is 12.1 Å². The zero-order valence-electron chi connectivity index (χ0n) is 11.7. The van der Waals surface area contributed by atoms with Crippen molar-refractivity contribution < 1.29 is 5.11 Å². The van der Waals surface area contributed by atoms with Crippen LogP contribution in [0.3, 0.4) is 0 Å². The van der Waals surface area contributed by atoms with Gasteiger partial charge >= 0.3 is 0 Å². The van der Waals surface area contributed by atoms with Gasteiger partial charge in [-0.2, -0.15) is 0 Å². The maximum Gasteiger partial charge on any atom is 0.0741 e. The fourth-order valence-corrected chi connectivity index (χ4v) is 3.57. The maximum atomic E-state index is 10.3. The lowest BCUT2D eigenvalue weighted by Gasteiger charge is -2.27. The molecular formula is C17H25NO. The van der Waals surface area contributed by atoms with Crippen LogP contribution in [0.15, 0.2) is 18.2 Å². The Bertz CT molecular complexity index is 429. The summed E-state index contributed by atoms with van der Waals surface area (Å²) in [6, 6.07) is 6.87. The fraction of sp³-hybridized carbons (Fsp3) is 0.647. The van der Waals surface area contributed by atoms with E-state index in [1.165, 1.54) is 61.8 Å². The second-order valence-corrected chi connectivity index (χ2v) is 6.11. The predicted octanol–water partition coefficient (Wildman–Crippen LogP) is 3.67. The minimum Gasteiger partial charge on any atom is -0.391 e. The van der Waals surface area contributed by atoms with E-state index in [-0.39, 0.29) is 12.1 Å². The number of anilines is 1. The van der Waals surface area contributed by atoms with Crippen molar-refractivity contribution in [3.63, 3.8) is 0 Å². The highest BCUT2D eigenvalue weighted by Gasteiger charge is 2.23. The van der Waals surface area contributed by atoms with E-state index in [0.29, 0.717) is 0 Å². The van der Waals surface area contributed by atoms with Crippen LogP contribution in [0.25, 0.3) is 0 Å². The van der Waals surface area contributed by atoms with Crippen molar-refractivity contribution in [2.75, 3.05) is 5.32 Å². The van der Waals surface area contributed by atoms with E-state index >= 15 is 0 Å². The molecule has 1 fully saturated rings. The third-order valence-electron chi connectivity index (χ3n) is 4.72. The number of aryl methyl sites for hydroxylation is 1. The third kappa shape index (κ3) is 2.94. The van der Waals surface area contributed by atoms with Gasteiger partial charge in [-0.15, -0.1) is 0 Å². The smallest absolute Gasteiger partial charge is 0.0741 e. The molecule has 0 heterocycles. The van der Waals surface area contributed by atoms with Crippen LogP contribution < -0.4 is 5.32 Å². The molecule has 2 N–H and O–H groups in total. The summed E-state index contributed by atoms with van der Waals surface area (Å²) >= 11 is 0. The minimum absolute atomic E-state index is 0.179. The van der Waals surface area contributed by atoms with E-state index in [1.807, 2.05) is 0 Å². The molecule has 0 aromatic heterocycles. The summed E-state index contributed by atoms with van der Waals surface area (Å²) in [4.78, 5) is 0. The van der Waals surface area contributed by atoms with Gasteiger partial charge in [0.25, 0.3) is 0 Å². The average molecular weight is 259 g/mol. The molecule has 0 radical (unpaired) electrons. The molecule has 2 nitrogen and oxygen atoms in total. The third-order valence-corrected chi connectivity index (χ3v) is 4.72. The zero-order chi connectivity index (χ0) is 13.1. The second-order valence-electron chi connectivity index (χ2n) is 6.11. The molecule has 104 valence electrons. The van der Waals surface area contributed by atoms with E-state index in [4.69, 9.17) is 0 Å².